The van der Waals surface area contributed by atoms with Crippen LogP contribution in [0, 0.1) is 18.8 Å². The summed E-state index contributed by atoms with van der Waals surface area (Å²) in [5.41, 5.74) is 7.34. The number of amides is 2. The summed E-state index contributed by atoms with van der Waals surface area (Å²) in [6, 6.07) is 18.7. The number of phenols is 1. The number of carbonyl (C=O) groups is 2. The first kappa shape index (κ1) is 51.5. The molecule has 4 aliphatic heterocycles. The van der Waals surface area contributed by atoms with Gasteiger partial charge in [-0.1, -0.05) is 71.0 Å². The van der Waals surface area contributed by atoms with Crippen LogP contribution in [0.5, 0.6) is 11.6 Å². The third kappa shape index (κ3) is 11.4. The molecule has 16 nitrogen and oxygen atoms in total. The first-order chi connectivity index (χ1) is 34.4. The van der Waals surface area contributed by atoms with Gasteiger partial charge < -0.3 is 39.2 Å². The predicted molar refractivity (Wildman–Crippen MR) is 285 cm³/mol. The average molecular weight is 1020 g/mol. The molecule has 72 heavy (non-hydrogen) atoms. The van der Waals surface area contributed by atoms with Crippen LogP contribution in [-0.2, 0) is 14.0 Å². The Labute approximate surface area is 430 Å². The summed E-state index contributed by atoms with van der Waals surface area (Å²) in [7, 11) is -2.22. The molecule has 0 aliphatic carbocycles. The van der Waals surface area contributed by atoms with Crippen molar-refractivity contribution in [3.63, 3.8) is 0 Å². The first-order valence-electron chi connectivity index (χ1n) is 25.9. The largest absolute Gasteiger partial charge is 0.507 e. The number of aryl methyl sites for hydroxylation is 1. The Balaban J connectivity index is 0.768. The second-order valence-corrected chi connectivity index (χ2v) is 27.9. The standard InChI is InChI=1S/C54H74N10O6SSi/c1-34(2)49(53(67)64-32-41(70-72(8,9)54(5,6)7)26-45(64)52(66)57-35(3)38-14-16-39(17-15-38)50-36(4)56-33-71-50)47-28-48(60-69-47)68-25-24-61-20-18-37(19-21-61)30-62-22-23-63-40(31-62)29-55-51-44(63)27-43(58-59-51)42-12-10-11-13-46(42)65/h10-17,27-28,33-35,37,40-41,45,49,65H,18-26,29-32H2,1-9H3,(H,55,59)(H,57,66)/t35?,40?,41-,45+,49?/m1/s1. The molecule has 3 unspecified atom stereocenters. The summed E-state index contributed by atoms with van der Waals surface area (Å²) in [5.74, 6) is 1.26. The number of benzene rings is 2. The van der Waals surface area contributed by atoms with Gasteiger partial charge in [0.2, 0.25) is 11.8 Å². The van der Waals surface area contributed by atoms with E-state index < -0.39 is 20.3 Å². The van der Waals surface area contributed by atoms with E-state index in [1.54, 1.807) is 28.4 Å². The number of piperidine rings is 1. The summed E-state index contributed by atoms with van der Waals surface area (Å²) < 4.78 is 19.0. The number of phenolic OH excluding ortho intramolecular Hbond substituents is 1. The minimum Gasteiger partial charge on any atom is -0.507 e. The van der Waals surface area contributed by atoms with Gasteiger partial charge in [0.1, 0.15) is 24.3 Å². The minimum atomic E-state index is -2.22. The van der Waals surface area contributed by atoms with Gasteiger partial charge in [0, 0.05) is 63.9 Å². The van der Waals surface area contributed by atoms with E-state index in [4.69, 9.17) is 13.7 Å². The van der Waals surface area contributed by atoms with E-state index in [9.17, 15) is 14.7 Å². The van der Waals surface area contributed by atoms with Gasteiger partial charge in [0.05, 0.1) is 45.7 Å². The summed E-state index contributed by atoms with van der Waals surface area (Å²) in [4.78, 5) is 44.0. The van der Waals surface area contributed by atoms with Gasteiger partial charge in [0.15, 0.2) is 19.9 Å². The topological polar surface area (TPSA) is 175 Å². The molecule has 2 aromatic carbocycles. The van der Waals surface area contributed by atoms with Gasteiger partial charge in [-0.3, -0.25) is 19.4 Å². The lowest BCUT2D eigenvalue weighted by Crippen LogP contribution is -2.58. The fourth-order valence-electron chi connectivity index (χ4n) is 10.6. The molecule has 3 fully saturated rings. The molecule has 5 aromatic rings. The van der Waals surface area contributed by atoms with Crippen LogP contribution in [0.1, 0.15) is 89.8 Å². The third-order valence-electron chi connectivity index (χ3n) is 15.9. The van der Waals surface area contributed by atoms with Gasteiger partial charge in [-0.25, -0.2) is 4.98 Å². The molecule has 3 saturated heterocycles. The van der Waals surface area contributed by atoms with Crippen molar-refractivity contribution in [1.29, 1.82) is 0 Å². The van der Waals surface area contributed by atoms with Crippen molar-refractivity contribution in [2.75, 3.05) is 75.7 Å². The van der Waals surface area contributed by atoms with Crippen LogP contribution in [0.4, 0.5) is 11.5 Å². The highest BCUT2D eigenvalue weighted by Gasteiger charge is 2.48. The summed E-state index contributed by atoms with van der Waals surface area (Å²) in [6.07, 6.45) is 2.41. The maximum absolute atomic E-state index is 14.8. The minimum absolute atomic E-state index is 0.0351. The van der Waals surface area contributed by atoms with Gasteiger partial charge >= 0.3 is 0 Å². The normalized spacial score (nSPS) is 21.0. The van der Waals surface area contributed by atoms with Crippen molar-refractivity contribution in [3.8, 4) is 33.3 Å². The lowest BCUT2D eigenvalue weighted by Gasteiger charge is -2.47. The number of nitrogens with zero attached hydrogens (tertiary/aromatic N) is 8. The van der Waals surface area contributed by atoms with Crippen LogP contribution in [0.3, 0.4) is 0 Å². The molecule has 9 rings (SSSR count). The quantitative estimate of drug-likeness (QED) is 0.0802. The van der Waals surface area contributed by atoms with Gasteiger partial charge in [0.25, 0.3) is 5.88 Å². The zero-order valence-electron chi connectivity index (χ0n) is 43.6. The fourth-order valence-corrected chi connectivity index (χ4v) is 12.8. The number of fused-ring (bicyclic) bond motifs is 3. The molecule has 0 spiro atoms. The molecule has 0 bridgehead atoms. The first-order valence-corrected chi connectivity index (χ1v) is 29.7. The number of aromatic hydroxyl groups is 1. The molecule has 2 amide bonds. The molecule has 18 heteroatoms. The van der Waals surface area contributed by atoms with Gasteiger partial charge in [-0.2, -0.15) is 0 Å². The number of ether oxygens (including phenoxy) is 1. The van der Waals surface area contributed by atoms with Crippen molar-refractivity contribution in [1.82, 2.24) is 40.4 Å². The van der Waals surface area contributed by atoms with Crippen molar-refractivity contribution in [2.24, 2.45) is 11.8 Å². The number of hydrogen-bond donors (Lipinski definition) is 3. The van der Waals surface area contributed by atoms with Crippen LogP contribution >= 0.6 is 11.3 Å². The van der Waals surface area contributed by atoms with E-state index >= 15 is 0 Å². The number of para-hydroxylation sites is 1. The Kier molecular flexibility index (Phi) is 15.4. The van der Waals surface area contributed by atoms with Crippen LogP contribution in [0.15, 0.2) is 70.7 Å². The molecular weight excluding hydrogens is 945 g/mol. The van der Waals surface area contributed by atoms with Crippen LogP contribution in [-0.4, -0.2) is 144 Å². The molecule has 3 aromatic heterocycles. The lowest BCUT2D eigenvalue weighted by molar-refractivity contribution is -0.141. The Morgan fingerprint density at radius 1 is 0.986 bits per heavy atom. The molecule has 3 N–H and O–H groups in total. The monoisotopic (exact) mass is 1020 g/mol. The fraction of sp³-hybridized carbons (Fsp3) is 0.556. The van der Waals surface area contributed by atoms with Crippen LogP contribution < -0.4 is 20.3 Å². The van der Waals surface area contributed by atoms with E-state index in [-0.39, 0.29) is 40.7 Å². The van der Waals surface area contributed by atoms with Crippen molar-refractivity contribution >= 4 is 43.0 Å². The molecule has 0 saturated carbocycles. The number of piperazine rings is 1. The predicted octanol–water partition coefficient (Wildman–Crippen LogP) is 8.58. The number of nitrogens with one attached hydrogen (secondary N) is 2. The molecular formula is C54H74N10O6SSi. The number of rotatable bonds is 16. The Morgan fingerprint density at radius 2 is 1.75 bits per heavy atom. The third-order valence-corrected chi connectivity index (χ3v) is 21.4. The molecule has 5 atom stereocenters. The Hall–Kier alpha value is -5.40. The maximum Gasteiger partial charge on any atom is 0.254 e. The number of anilines is 2. The highest BCUT2D eigenvalue weighted by Crippen LogP contribution is 2.41. The van der Waals surface area contributed by atoms with E-state index in [2.05, 4.69) is 97.7 Å². The van der Waals surface area contributed by atoms with E-state index in [0.29, 0.717) is 54.4 Å². The maximum atomic E-state index is 14.8. The van der Waals surface area contributed by atoms with E-state index in [1.807, 2.05) is 63.5 Å². The summed E-state index contributed by atoms with van der Waals surface area (Å²) in [6.45, 7) is 27.4. The Bertz CT molecular complexity index is 2660. The smallest absolute Gasteiger partial charge is 0.254 e. The molecule has 7 heterocycles. The number of thiazole rings is 1. The van der Waals surface area contributed by atoms with Crippen LogP contribution in [0.25, 0.3) is 21.7 Å². The summed E-state index contributed by atoms with van der Waals surface area (Å²) in [5, 5.41) is 30.3. The average Bonchev–Trinajstić information content (AvgIpc) is 4.12. The number of aromatic nitrogens is 4. The SMILES string of the molecule is Cc1ncsc1-c1ccc(C(C)NC(=O)[C@@H]2C[C@@H](O[Si](C)(C)C(C)(C)C)CN2C(=O)C(c2cc(OCCN3CCC(CN4CCN5c6cc(-c7ccccc7O)nnc6NCC5C4)CC3)no2)C(C)C)cc1. The number of hydrogen-bond acceptors (Lipinski definition) is 15. The van der Waals surface area contributed by atoms with E-state index in [1.165, 1.54) is 0 Å². The lowest BCUT2D eigenvalue weighted by atomic mass is 9.91. The number of carbonyl (C=O) groups excluding carboxylic acids is 2. The number of likely N-dealkylation sites (tertiary alicyclic amines) is 2. The van der Waals surface area contributed by atoms with Crippen molar-refractivity contribution in [3.05, 3.63) is 83.2 Å². The van der Waals surface area contributed by atoms with Gasteiger partial charge in [-0.05, 0) is 104 Å². The highest BCUT2D eigenvalue weighted by molar-refractivity contribution is 7.13. The second kappa shape index (κ2) is 21.6. The van der Waals surface area contributed by atoms with Crippen LogP contribution in [0.2, 0.25) is 18.1 Å². The van der Waals surface area contributed by atoms with Crippen molar-refractivity contribution < 1.29 is 28.4 Å². The van der Waals surface area contributed by atoms with E-state index in [0.717, 1.165) is 98.4 Å². The zero-order valence-corrected chi connectivity index (χ0v) is 45.4. The zero-order chi connectivity index (χ0) is 50.9. The van der Waals surface area contributed by atoms with Gasteiger partial charge in [-0.15, -0.1) is 21.5 Å². The Morgan fingerprint density at radius 3 is 2.46 bits per heavy atom. The second-order valence-electron chi connectivity index (χ2n) is 22.3. The molecule has 0 radical (unpaired) electrons. The molecule has 4 aliphatic rings. The highest BCUT2D eigenvalue weighted by atomic mass is 32.1. The summed E-state index contributed by atoms with van der Waals surface area (Å²) >= 11 is 1.61. The molecule has 386 valence electrons. The van der Waals surface area contributed by atoms with Crippen molar-refractivity contribution in [2.45, 2.75) is 116 Å².